The molecule has 3 N–H and O–H groups in total. The van der Waals surface area contributed by atoms with Crippen molar-refractivity contribution >= 4 is 5.91 Å². The van der Waals surface area contributed by atoms with Crippen LogP contribution in [0.25, 0.3) is 0 Å². The molecule has 0 saturated carbocycles. The van der Waals surface area contributed by atoms with Gasteiger partial charge in [0.25, 0.3) is 5.91 Å². The number of halogens is 1. The Morgan fingerprint density at radius 1 is 1.05 bits per heavy atom. The Kier molecular flexibility index (Phi) is 4.20. The molecule has 104 valence electrons. The maximum atomic E-state index is 12.7. The van der Waals surface area contributed by atoms with Crippen molar-refractivity contribution in [2.24, 2.45) is 0 Å². The van der Waals surface area contributed by atoms with Crippen LogP contribution in [-0.2, 0) is 6.42 Å². The summed E-state index contributed by atoms with van der Waals surface area (Å²) in [6.45, 7) is 0.318. The molecule has 5 heteroatoms. The van der Waals surface area contributed by atoms with Gasteiger partial charge in [-0.3, -0.25) is 4.79 Å². The van der Waals surface area contributed by atoms with Gasteiger partial charge in [0.15, 0.2) is 0 Å². The predicted octanol–water partition coefficient (Wildman–Crippen LogP) is 2.21. The van der Waals surface area contributed by atoms with E-state index in [0.29, 0.717) is 13.0 Å². The fourth-order valence-corrected chi connectivity index (χ4v) is 1.82. The Balaban J connectivity index is 1.94. The minimum absolute atomic E-state index is 0.147. The number of phenolic OH excluding ortho intramolecular Hbond substituents is 2. The summed E-state index contributed by atoms with van der Waals surface area (Å²) >= 11 is 0. The number of hydrogen-bond donors (Lipinski definition) is 3. The Labute approximate surface area is 115 Å². The van der Waals surface area contributed by atoms with Crippen molar-refractivity contribution in [3.05, 3.63) is 59.4 Å². The summed E-state index contributed by atoms with van der Waals surface area (Å²) in [5.41, 5.74) is 0.736. The first-order chi connectivity index (χ1) is 9.58. The molecule has 2 aromatic carbocycles. The molecule has 0 aliphatic rings. The molecule has 4 nitrogen and oxygen atoms in total. The molecule has 0 aliphatic carbocycles. The standard InChI is InChI=1S/C15H14FNO3/c16-11-6-4-10(5-7-11)8-9-17-15(20)14-12(18)2-1-3-13(14)19/h1-7,18-19H,8-9H2,(H,17,20). The Morgan fingerprint density at radius 2 is 1.65 bits per heavy atom. The van der Waals surface area contributed by atoms with E-state index in [1.807, 2.05) is 0 Å². The van der Waals surface area contributed by atoms with Gasteiger partial charge < -0.3 is 15.5 Å². The summed E-state index contributed by atoms with van der Waals surface area (Å²) in [7, 11) is 0. The van der Waals surface area contributed by atoms with E-state index in [-0.39, 0.29) is 22.9 Å². The van der Waals surface area contributed by atoms with Crippen molar-refractivity contribution < 1.29 is 19.4 Å². The lowest BCUT2D eigenvalue weighted by Crippen LogP contribution is -2.25. The summed E-state index contributed by atoms with van der Waals surface area (Å²) in [5, 5.41) is 21.7. The predicted molar refractivity (Wildman–Crippen MR) is 72.2 cm³/mol. The lowest BCUT2D eigenvalue weighted by molar-refractivity contribution is 0.0948. The molecule has 0 radical (unpaired) electrons. The Morgan fingerprint density at radius 3 is 2.25 bits per heavy atom. The van der Waals surface area contributed by atoms with E-state index < -0.39 is 5.91 Å². The zero-order chi connectivity index (χ0) is 14.5. The Hall–Kier alpha value is -2.56. The lowest BCUT2D eigenvalue weighted by Gasteiger charge is -2.08. The van der Waals surface area contributed by atoms with Crippen LogP contribution in [-0.4, -0.2) is 22.7 Å². The number of phenols is 2. The summed E-state index contributed by atoms with van der Waals surface area (Å²) in [5.74, 6) is -1.41. The number of amides is 1. The molecule has 2 aromatic rings. The average Bonchev–Trinajstić information content (AvgIpc) is 2.41. The molecule has 0 saturated heterocycles. The van der Waals surface area contributed by atoms with Crippen LogP contribution < -0.4 is 5.32 Å². The van der Waals surface area contributed by atoms with Crippen molar-refractivity contribution in [2.75, 3.05) is 6.54 Å². The van der Waals surface area contributed by atoms with Crippen molar-refractivity contribution in [3.8, 4) is 11.5 Å². The quantitative estimate of drug-likeness (QED) is 0.801. The number of rotatable bonds is 4. The second kappa shape index (κ2) is 6.06. The number of hydrogen-bond acceptors (Lipinski definition) is 3. The summed E-state index contributed by atoms with van der Waals surface area (Å²) in [4.78, 5) is 11.8. The lowest BCUT2D eigenvalue weighted by atomic mass is 10.1. The van der Waals surface area contributed by atoms with E-state index in [1.54, 1.807) is 12.1 Å². The van der Waals surface area contributed by atoms with Gasteiger partial charge in [-0.25, -0.2) is 4.39 Å². The second-order valence-corrected chi connectivity index (χ2v) is 4.30. The minimum atomic E-state index is -0.553. The third kappa shape index (κ3) is 3.26. The van der Waals surface area contributed by atoms with Crippen LogP contribution in [0, 0.1) is 5.82 Å². The fraction of sp³-hybridized carbons (Fsp3) is 0.133. The van der Waals surface area contributed by atoms with Crippen LogP contribution in [0.5, 0.6) is 11.5 Å². The van der Waals surface area contributed by atoms with Gasteiger partial charge >= 0.3 is 0 Å². The summed E-state index contributed by atoms with van der Waals surface area (Å²) in [6.07, 6.45) is 0.528. The van der Waals surface area contributed by atoms with Crippen molar-refractivity contribution in [3.63, 3.8) is 0 Å². The van der Waals surface area contributed by atoms with Crippen molar-refractivity contribution in [1.82, 2.24) is 5.32 Å². The van der Waals surface area contributed by atoms with Gasteiger partial charge in [-0.2, -0.15) is 0 Å². The van der Waals surface area contributed by atoms with E-state index >= 15 is 0 Å². The molecule has 1 amide bonds. The van der Waals surface area contributed by atoms with Crippen LogP contribution in [0.2, 0.25) is 0 Å². The molecule has 20 heavy (non-hydrogen) atoms. The molecule has 0 aliphatic heterocycles. The zero-order valence-corrected chi connectivity index (χ0v) is 10.6. The van der Waals surface area contributed by atoms with Gasteiger partial charge in [0.1, 0.15) is 22.9 Å². The first kappa shape index (κ1) is 13.9. The van der Waals surface area contributed by atoms with Gasteiger partial charge in [-0.1, -0.05) is 18.2 Å². The number of carbonyl (C=O) groups is 1. The van der Waals surface area contributed by atoms with E-state index in [0.717, 1.165) is 5.56 Å². The smallest absolute Gasteiger partial charge is 0.258 e. The molecule has 2 rings (SSSR count). The Bertz CT molecular complexity index is 591. The van der Waals surface area contributed by atoms with Gasteiger partial charge in [0.05, 0.1) is 0 Å². The van der Waals surface area contributed by atoms with Crippen LogP contribution >= 0.6 is 0 Å². The normalized spacial score (nSPS) is 10.2. The highest BCUT2D eigenvalue weighted by Crippen LogP contribution is 2.25. The van der Waals surface area contributed by atoms with E-state index in [2.05, 4.69) is 5.32 Å². The monoisotopic (exact) mass is 275 g/mol. The summed E-state index contributed by atoms with van der Waals surface area (Å²) < 4.78 is 12.7. The van der Waals surface area contributed by atoms with E-state index in [9.17, 15) is 19.4 Å². The van der Waals surface area contributed by atoms with Crippen LogP contribution in [0.3, 0.4) is 0 Å². The molecular weight excluding hydrogens is 261 g/mol. The zero-order valence-electron chi connectivity index (χ0n) is 10.6. The van der Waals surface area contributed by atoms with Crippen molar-refractivity contribution in [2.45, 2.75) is 6.42 Å². The topological polar surface area (TPSA) is 69.6 Å². The minimum Gasteiger partial charge on any atom is -0.507 e. The molecule has 0 heterocycles. The van der Waals surface area contributed by atoms with Crippen LogP contribution in [0.15, 0.2) is 42.5 Å². The van der Waals surface area contributed by atoms with E-state index in [1.165, 1.54) is 30.3 Å². The molecular formula is C15H14FNO3. The third-order valence-electron chi connectivity index (χ3n) is 2.86. The van der Waals surface area contributed by atoms with Gasteiger partial charge in [0, 0.05) is 6.54 Å². The van der Waals surface area contributed by atoms with Crippen molar-refractivity contribution in [1.29, 1.82) is 0 Å². The first-order valence-electron chi connectivity index (χ1n) is 6.11. The number of nitrogens with one attached hydrogen (secondary N) is 1. The molecule has 0 unspecified atom stereocenters. The number of benzene rings is 2. The highest BCUT2D eigenvalue weighted by molar-refractivity contribution is 5.99. The maximum Gasteiger partial charge on any atom is 0.258 e. The average molecular weight is 275 g/mol. The molecule has 0 spiro atoms. The van der Waals surface area contributed by atoms with Crippen LogP contribution in [0.4, 0.5) is 4.39 Å². The summed E-state index contributed by atoms with van der Waals surface area (Å²) in [6, 6.07) is 10.1. The molecule has 0 fully saturated rings. The highest BCUT2D eigenvalue weighted by Gasteiger charge is 2.15. The maximum absolute atomic E-state index is 12.7. The highest BCUT2D eigenvalue weighted by atomic mass is 19.1. The van der Waals surface area contributed by atoms with E-state index in [4.69, 9.17) is 0 Å². The van der Waals surface area contributed by atoms with Gasteiger partial charge in [0.2, 0.25) is 0 Å². The molecule has 0 aromatic heterocycles. The third-order valence-corrected chi connectivity index (χ3v) is 2.86. The first-order valence-corrected chi connectivity index (χ1v) is 6.11. The molecule has 0 bridgehead atoms. The van der Waals surface area contributed by atoms with Crippen LogP contribution in [0.1, 0.15) is 15.9 Å². The molecule has 0 atom stereocenters. The second-order valence-electron chi connectivity index (χ2n) is 4.30. The largest absolute Gasteiger partial charge is 0.507 e. The fourth-order valence-electron chi connectivity index (χ4n) is 1.82. The van der Waals surface area contributed by atoms with Gasteiger partial charge in [-0.15, -0.1) is 0 Å². The number of aromatic hydroxyl groups is 2. The van der Waals surface area contributed by atoms with Gasteiger partial charge in [-0.05, 0) is 36.2 Å². The number of carbonyl (C=O) groups excluding carboxylic acids is 1. The SMILES string of the molecule is O=C(NCCc1ccc(F)cc1)c1c(O)cccc1O.